The van der Waals surface area contributed by atoms with Crippen molar-refractivity contribution in [1.29, 1.82) is 0 Å². The maximum absolute atomic E-state index is 12.9. The molecule has 0 bridgehead atoms. The molecule has 104 valence electrons. The van der Waals surface area contributed by atoms with Gasteiger partial charge in [0.25, 0.3) is 0 Å². The second-order valence-electron chi connectivity index (χ2n) is 5.81. The molecule has 2 rings (SSSR count). The molecule has 1 aliphatic rings. The van der Waals surface area contributed by atoms with Crippen LogP contribution in [-0.4, -0.2) is 5.78 Å². The minimum absolute atomic E-state index is 0.176. The Morgan fingerprint density at radius 2 is 1.79 bits per heavy atom. The van der Waals surface area contributed by atoms with Crippen molar-refractivity contribution >= 4 is 5.78 Å². The van der Waals surface area contributed by atoms with Crippen molar-refractivity contribution in [2.75, 3.05) is 0 Å². The number of Topliss-reactive ketones (excluding diaryl/α,β-unsaturated/α-hetero) is 1. The summed E-state index contributed by atoms with van der Waals surface area (Å²) in [5.74, 6) is 1.23. The Bertz CT molecular complexity index is 415. The number of rotatable bonds is 4. The van der Waals surface area contributed by atoms with Gasteiger partial charge in [-0.3, -0.25) is 4.79 Å². The Kier molecular flexibility index (Phi) is 4.73. The minimum Gasteiger partial charge on any atom is -0.299 e. The van der Waals surface area contributed by atoms with Crippen molar-refractivity contribution in [3.63, 3.8) is 0 Å². The van der Waals surface area contributed by atoms with Gasteiger partial charge in [0.1, 0.15) is 11.6 Å². The van der Waals surface area contributed by atoms with E-state index in [0.717, 1.165) is 32.1 Å². The molecule has 19 heavy (non-hydrogen) atoms. The monoisotopic (exact) mass is 262 g/mol. The summed E-state index contributed by atoms with van der Waals surface area (Å²) in [7, 11) is 0. The molecule has 0 radical (unpaired) electrons. The van der Waals surface area contributed by atoms with E-state index in [4.69, 9.17) is 0 Å². The zero-order valence-electron chi connectivity index (χ0n) is 11.9. The van der Waals surface area contributed by atoms with Gasteiger partial charge in [0.15, 0.2) is 0 Å². The summed E-state index contributed by atoms with van der Waals surface area (Å²) in [6.07, 6.45) is 5.03. The van der Waals surface area contributed by atoms with Crippen LogP contribution in [0, 0.1) is 17.7 Å². The number of hydrogen-bond donors (Lipinski definition) is 0. The lowest BCUT2D eigenvalue weighted by atomic mass is 9.75. The molecule has 1 aliphatic carbocycles. The highest BCUT2D eigenvalue weighted by molar-refractivity contribution is 5.83. The summed E-state index contributed by atoms with van der Waals surface area (Å²) in [6.45, 7) is 4.11. The summed E-state index contributed by atoms with van der Waals surface area (Å²) >= 11 is 0. The first-order valence-corrected chi connectivity index (χ1v) is 7.41. The molecule has 0 amide bonds. The average Bonchev–Trinajstić information content (AvgIpc) is 2.46. The van der Waals surface area contributed by atoms with Gasteiger partial charge in [-0.05, 0) is 55.7 Å². The fraction of sp³-hybridized carbons (Fsp3) is 0.588. The van der Waals surface area contributed by atoms with Gasteiger partial charge in [-0.15, -0.1) is 0 Å². The van der Waals surface area contributed by atoms with E-state index in [-0.39, 0.29) is 17.7 Å². The average molecular weight is 262 g/mol. The topological polar surface area (TPSA) is 17.1 Å². The van der Waals surface area contributed by atoms with Crippen molar-refractivity contribution in [1.82, 2.24) is 0 Å². The lowest BCUT2D eigenvalue weighted by Crippen LogP contribution is -2.25. The summed E-state index contributed by atoms with van der Waals surface area (Å²) in [5, 5.41) is 0. The Morgan fingerprint density at radius 1 is 1.21 bits per heavy atom. The molecule has 1 fully saturated rings. The Morgan fingerprint density at radius 3 is 2.32 bits per heavy atom. The first-order valence-electron chi connectivity index (χ1n) is 7.41. The molecular formula is C17H23FO. The number of ketones is 1. The summed E-state index contributed by atoms with van der Waals surface area (Å²) in [6, 6.07) is 6.84. The molecule has 0 saturated heterocycles. The molecule has 0 aromatic heterocycles. The van der Waals surface area contributed by atoms with Gasteiger partial charge in [-0.25, -0.2) is 4.39 Å². The lowest BCUT2D eigenvalue weighted by molar-refractivity contribution is -0.127. The number of carbonyl (C=O) groups excluding carboxylic acids is 1. The lowest BCUT2D eigenvalue weighted by Gasteiger charge is -2.29. The van der Waals surface area contributed by atoms with E-state index >= 15 is 0 Å². The highest BCUT2D eigenvalue weighted by Gasteiger charge is 2.28. The van der Waals surface area contributed by atoms with Gasteiger partial charge < -0.3 is 0 Å². The van der Waals surface area contributed by atoms with Gasteiger partial charge in [-0.1, -0.05) is 26.0 Å². The third kappa shape index (κ3) is 3.43. The van der Waals surface area contributed by atoms with E-state index in [1.807, 2.05) is 19.1 Å². The number of hydrogen-bond acceptors (Lipinski definition) is 1. The van der Waals surface area contributed by atoms with Crippen molar-refractivity contribution in [3.8, 4) is 0 Å². The van der Waals surface area contributed by atoms with Crippen molar-refractivity contribution in [2.24, 2.45) is 11.8 Å². The van der Waals surface area contributed by atoms with Crippen LogP contribution >= 0.6 is 0 Å². The quantitative estimate of drug-likeness (QED) is 0.767. The zero-order chi connectivity index (χ0) is 13.8. The highest BCUT2D eigenvalue weighted by atomic mass is 19.1. The van der Waals surface area contributed by atoms with Crippen LogP contribution in [0.3, 0.4) is 0 Å². The van der Waals surface area contributed by atoms with Crippen LogP contribution in [0.15, 0.2) is 24.3 Å². The highest BCUT2D eigenvalue weighted by Crippen LogP contribution is 2.37. The number of benzene rings is 1. The fourth-order valence-electron chi connectivity index (χ4n) is 3.05. The zero-order valence-corrected chi connectivity index (χ0v) is 11.9. The number of carbonyl (C=O) groups is 1. The molecule has 1 aromatic carbocycles. The predicted molar refractivity (Wildman–Crippen MR) is 75.6 cm³/mol. The van der Waals surface area contributed by atoms with Crippen LogP contribution < -0.4 is 0 Å². The second-order valence-corrected chi connectivity index (χ2v) is 5.81. The van der Waals surface area contributed by atoms with Crippen LogP contribution in [0.1, 0.15) is 57.4 Å². The Balaban J connectivity index is 1.92. The minimum atomic E-state index is -0.176. The van der Waals surface area contributed by atoms with Crippen LogP contribution in [0.5, 0.6) is 0 Å². The maximum Gasteiger partial charge on any atom is 0.138 e. The van der Waals surface area contributed by atoms with Gasteiger partial charge in [0.2, 0.25) is 0 Å². The summed E-state index contributed by atoms with van der Waals surface area (Å²) in [4.78, 5) is 12.2. The Labute approximate surface area is 115 Å². The van der Waals surface area contributed by atoms with E-state index in [9.17, 15) is 9.18 Å². The molecule has 0 N–H and O–H groups in total. The van der Waals surface area contributed by atoms with Gasteiger partial charge in [-0.2, -0.15) is 0 Å². The van der Waals surface area contributed by atoms with E-state index in [0.29, 0.717) is 11.7 Å². The molecule has 1 atom stereocenters. The first-order chi connectivity index (χ1) is 9.11. The molecular weight excluding hydrogens is 239 g/mol. The van der Waals surface area contributed by atoms with E-state index in [1.165, 1.54) is 17.7 Å². The molecule has 2 heteroatoms. The third-order valence-electron chi connectivity index (χ3n) is 4.57. The van der Waals surface area contributed by atoms with E-state index in [2.05, 4.69) is 6.92 Å². The maximum atomic E-state index is 12.9. The van der Waals surface area contributed by atoms with Gasteiger partial charge in [0.05, 0.1) is 0 Å². The molecule has 0 heterocycles. The largest absolute Gasteiger partial charge is 0.299 e. The van der Waals surface area contributed by atoms with E-state index < -0.39 is 0 Å². The van der Waals surface area contributed by atoms with Crippen molar-refractivity contribution in [2.45, 2.75) is 51.9 Å². The second kappa shape index (κ2) is 6.31. The first kappa shape index (κ1) is 14.2. The summed E-state index contributed by atoms with van der Waals surface area (Å²) in [5.41, 5.74) is 1.22. The number of halogens is 1. The van der Waals surface area contributed by atoms with Crippen LogP contribution in [0.2, 0.25) is 0 Å². The molecule has 1 unspecified atom stereocenters. The third-order valence-corrected chi connectivity index (χ3v) is 4.57. The summed E-state index contributed by atoms with van der Waals surface area (Å²) < 4.78 is 12.9. The Hall–Kier alpha value is -1.18. The van der Waals surface area contributed by atoms with E-state index in [1.54, 1.807) is 0 Å². The molecule has 1 aromatic rings. The molecule has 1 saturated carbocycles. The molecule has 1 nitrogen and oxygen atoms in total. The van der Waals surface area contributed by atoms with Crippen LogP contribution in [-0.2, 0) is 4.79 Å². The molecule has 0 spiro atoms. The van der Waals surface area contributed by atoms with Crippen molar-refractivity contribution < 1.29 is 9.18 Å². The van der Waals surface area contributed by atoms with Crippen LogP contribution in [0.4, 0.5) is 4.39 Å². The van der Waals surface area contributed by atoms with Crippen LogP contribution in [0.25, 0.3) is 0 Å². The van der Waals surface area contributed by atoms with Gasteiger partial charge >= 0.3 is 0 Å². The normalized spacial score (nSPS) is 25.0. The SMILES string of the molecule is CCC(C)C(=O)[C@H]1CC[C@H](c2ccc(F)cc2)CC1. The van der Waals surface area contributed by atoms with Gasteiger partial charge in [0, 0.05) is 11.8 Å². The predicted octanol–water partition coefficient (Wildman–Crippen LogP) is 4.71. The molecule has 0 aliphatic heterocycles. The fourth-order valence-corrected chi connectivity index (χ4v) is 3.05. The smallest absolute Gasteiger partial charge is 0.138 e. The van der Waals surface area contributed by atoms with Crippen molar-refractivity contribution in [3.05, 3.63) is 35.6 Å². The standard InChI is InChI=1S/C17H23FO/c1-3-12(2)17(19)15-6-4-13(5-7-15)14-8-10-16(18)11-9-14/h8-13,15H,3-7H2,1-2H3/t12?,13-,15-.